The molecule has 1 saturated carbocycles. The zero-order chi connectivity index (χ0) is 19.1. The van der Waals surface area contributed by atoms with E-state index in [2.05, 4.69) is 6.92 Å². The first-order valence-corrected chi connectivity index (χ1v) is 13.8. The van der Waals surface area contributed by atoms with Crippen molar-refractivity contribution in [2.45, 2.75) is 96.1 Å². The predicted molar refractivity (Wildman–Crippen MR) is 114 cm³/mol. The van der Waals surface area contributed by atoms with Gasteiger partial charge in [0.05, 0.1) is 8.80 Å². The van der Waals surface area contributed by atoms with Crippen LogP contribution in [0.3, 0.4) is 0 Å². The monoisotopic (exact) mass is 392 g/mol. The zero-order valence-corrected chi connectivity index (χ0v) is 18.4. The fourth-order valence-electron chi connectivity index (χ4n) is 5.51. The van der Waals surface area contributed by atoms with E-state index < -0.39 is 20.4 Å². The first-order chi connectivity index (χ1) is 13.2. The van der Waals surface area contributed by atoms with Gasteiger partial charge in [-0.1, -0.05) is 107 Å². The third-order valence-corrected chi connectivity index (χ3v) is 10.8. The molecule has 3 heteroatoms. The summed E-state index contributed by atoms with van der Waals surface area (Å²) >= 11 is 0. The summed E-state index contributed by atoms with van der Waals surface area (Å²) < 4.78 is 26.6. The molecular weight excluding hydrogens is 354 g/mol. The standard InChI is InChI=1S/C24H38F2Si/c1-2-3-4-5-19-6-8-20(9-7-19)10-11-21-14-16-27(17-15-21)22-12-13-23(25)24(26)18-22/h12-13,18-21,27H,2-11,14-17H2,1H3/t19-,20-,21?,27?. The summed E-state index contributed by atoms with van der Waals surface area (Å²) in [5.41, 5.74) is 0. The van der Waals surface area contributed by atoms with E-state index in [4.69, 9.17) is 0 Å². The van der Waals surface area contributed by atoms with E-state index in [9.17, 15) is 8.78 Å². The number of benzene rings is 1. The number of unbranched alkanes of at least 4 members (excludes halogenated alkanes) is 2. The number of rotatable bonds is 8. The third-order valence-electron chi connectivity index (χ3n) is 7.43. The van der Waals surface area contributed by atoms with Crippen molar-refractivity contribution >= 4 is 14.0 Å². The highest BCUT2D eigenvalue weighted by molar-refractivity contribution is 6.73. The fraction of sp³-hybridized carbons (Fsp3) is 0.750. The molecule has 152 valence electrons. The lowest BCUT2D eigenvalue weighted by atomic mass is 9.77. The highest BCUT2D eigenvalue weighted by atomic mass is 28.3. The van der Waals surface area contributed by atoms with Crippen molar-refractivity contribution in [1.82, 2.24) is 0 Å². The molecule has 0 N–H and O–H groups in total. The Kier molecular flexibility index (Phi) is 8.36. The highest BCUT2D eigenvalue weighted by Crippen LogP contribution is 2.37. The zero-order valence-electron chi connectivity index (χ0n) is 17.2. The minimum absolute atomic E-state index is 0.660. The maximum atomic E-state index is 13.5. The van der Waals surface area contributed by atoms with Crippen LogP contribution >= 0.6 is 0 Å². The van der Waals surface area contributed by atoms with Crippen molar-refractivity contribution in [3.63, 3.8) is 0 Å². The van der Waals surface area contributed by atoms with E-state index in [-0.39, 0.29) is 0 Å². The molecule has 0 amide bonds. The molecule has 1 aromatic rings. The molecule has 27 heavy (non-hydrogen) atoms. The van der Waals surface area contributed by atoms with Gasteiger partial charge in [-0.3, -0.25) is 0 Å². The Bertz CT molecular complexity index is 557. The first kappa shape index (κ1) is 21.0. The molecular formula is C24H38F2Si. The minimum Gasteiger partial charge on any atom is -0.204 e. The van der Waals surface area contributed by atoms with Gasteiger partial charge in [-0.15, -0.1) is 0 Å². The van der Waals surface area contributed by atoms with E-state index in [1.54, 1.807) is 0 Å². The van der Waals surface area contributed by atoms with E-state index in [0.29, 0.717) is 0 Å². The Labute approximate surface area is 166 Å². The van der Waals surface area contributed by atoms with Gasteiger partial charge in [-0.2, -0.15) is 0 Å². The van der Waals surface area contributed by atoms with Crippen LogP contribution in [0.15, 0.2) is 18.2 Å². The van der Waals surface area contributed by atoms with Gasteiger partial charge < -0.3 is 0 Å². The molecule has 1 aromatic carbocycles. The van der Waals surface area contributed by atoms with Crippen LogP contribution in [0.4, 0.5) is 8.78 Å². The van der Waals surface area contributed by atoms with E-state index in [0.717, 1.165) is 22.9 Å². The van der Waals surface area contributed by atoms with Crippen molar-refractivity contribution < 1.29 is 8.78 Å². The lowest BCUT2D eigenvalue weighted by molar-refractivity contribution is 0.234. The summed E-state index contributed by atoms with van der Waals surface area (Å²) in [4.78, 5) is 0. The van der Waals surface area contributed by atoms with Gasteiger partial charge in [0.15, 0.2) is 11.6 Å². The lowest BCUT2D eigenvalue weighted by Gasteiger charge is -2.32. The topological polar surface area (TPSA) is 0 Å². The Morgan fingerprint density at radius 1 is 0.778 bits per heavy atom. The predicted octanol–water partition coefficient (Wildman–Crippen LogP) is 6.98. The Balaban J connectivity index is 1.32. The Hall–Kier alpha value is -0.703. The van der Waals surface area contributed by atoms with Gasteiger partial charge in [0.25, 0.3) is 0 Å². The summed E-state index contributed by atoms with van der Waals surface area (Å²) in [5, 5.41) is 1.13. The van der Waals surface area contributed by atoms with Crippen molar-refractivity contribution in [1.29, 1.82) is 0 Å². The van der Waals surface area contributed by atoms with Crippen molar-refractivity contribution in [3.8, 4) is 0 Å². The second kappa shape index (κ2) is 10.7. The van der Waals surface area contributed by atoms with Crippen LogP contribution in [0.25, 0.3) is 0 Å². The largest absolute Gasteiger partial charge is 0.204 e. The molecule has 3 rings (SSSR count). The molecule has 1 aliphatic heterocycles. The number of hydrogen-bond acceptors (Lipinski definition) is 0. The molecule has 0 bridgehead atoms. The lowest BCUT2D eigenvalue weighted by Crippen LogP contribution is -2.34. The van der Waals surface area contributed by atoms with Gasteiger partial charge in [0.1, 0.15) is 0 Å². The summed E-state index contributed by atoms with van der Waals surface area (Å²) in [6, 6.07) is 7.20. The molecule has 0 aromatic heterocycles. The van der Waals surface area contributed by atoms with Gasteiger partial charge >= 0.3 is 0 Å². The third kappa shape index (κ3) is 6.41. The Morgan fingerprint density at radius 3 is 1.96 bits per heavy atom. The van der Waals surface area contributed by atoms with Crippen molar-refractivity contribution in [3.05, 3.63) is 29.8 Å². The second-order valence-corrected chi connectivity index (χ2v) is 12.6. The van der Waals surface area contributed by atoms with Crippen molar-refractivity contribution in [2.75, 3.05) is 0 Å². The second-order valence-electron chi connectivity index (χ2n) is 9.35. The van der Waals surface area contributed by atoms with Gasteiger partial charge in [-0.05, 0) is 29.9 Å². The number of halogens is 2. The molecule has 0 radical (unpaired) electrons. The maximum absolute atomic E-state index is 13.5. The molecule has 0 unspecified atom stereocenters. The average molecular weight is 393 g/mol. The fourth-order valence-corrected chi connectivity index (χ4v) is 8.97. The quantitative estimate of drug-likeness (QED) is 0.331. The van der Waals surface area contributed by atoms with E-state index in [1.807, 2.05) is 6.07 Å². The van der Waals surface area contributed by atoms with Crippen LogP contribution in [0.5, 0.6) is 0 Å². The van der Waals surface area contributed by atoms with E-state index in [1.165, 1.54) is 101 Å². The molecule has 2 fully saturated rings. The SMILES string of the molecule is CCCCC[C@H]1CC[C@H](CCC2CC[SiH](c3ccc(F)c(F)c3)CC2)CC1. The first-order valence-electron chi connectivity index (χ1n) is 11.6. The van der Waals surface area contributed by atoms with Gasteiger partial charge in [0.2, 0.25) is 0 Å². The molecule has 1 aliphatic carbocycles. The molecule has 2 aliphatic rings. The summed E-state index contributed by atoms with van der Waals surface area (Å²) in [6.07, 6.45) is 17.0. The van der Waals surface area contributed by atoms with Crippen LogP contribution in [0.1, 0.15) is 84.0 Å². The summed E-state index contributed by atoms with van der Waals surface area (Å²) in [7, 11) is -1.06. The Morgan fingerprint density at radius 2 is 1.37 bits per heavy atom. The summed E-state index contributed by atoms with van der Waals surface area (Å²) in [6.45, 7) is 2.30. The average Bonchev–Trinajstić information content (AvgIpc) is 2.70. The van der Waals surface area contributed by atoms with Crippen LogP contribution in [0, 0.1) is 29.4 Å². The molecule has 1 saturated heterocycles. The van der Waals surface area contributed by atoms with Gasteiger partial charge in [0, 0.05) is 0 Å². The minimum atomic E-state index is -1.06. The normalized spacial score (nSPS) is 29.0. The molecule has 1 heterocycles. The molecule has 0 atom stereocenters. The molecule has 0 nitrogen and oxygen atoms in total. The smallest absolute Gasteiger partial charge is 0.158 e. The van der Waals surface area contributed by atoms with E-state index >= 15 is 0 Å². The molecule has 0 spiro atoms. The maximum Gasteiger partial charge on any atom is 0.158 e. The van der Waals surface area contributed by atoms with Gasteiger partial charge in [-0.25, -0.2) is 8.78 Å². The van der Waals surface area contributed by atoms with Crippen LogP contribution in [-0.2, 0) is 0 Å². The van der Waals surface area contributed by atoms with Crippen LogP contribution in [-0.4, -0.2) is 8.80 Å². The highest BCUT2D eigenvalue weighted by Gasteiger charge is 2.26. The van der Waals surface area contributed by atoms with Crippen LogP contribution in [0.2, 0.25) is 12.1 Å². The summed E-state index contributed by atoms with van der Waals surface area (Å²) in [5.74, 6) is 1.52. The van der Waals surface area contributed by atoms with Crippen LogP contribution < -0.4 is 5.19 Å². The van der Waals surface area contributed by atoms with Crippen molar-refractivity contribution in [2.24, 2.45) is 17.8 Å². The number of hydrogen-bond donors (Lipinski definition) is 0.